The molecule has 1 unspecified atom stereocenters. The molecule has 2 nitrogen and oxygen atoms in total. The van der Waals surface area contributed by atoms with Crippen LogP contribution in [0.4, 0.5) is 0 Å². The van der Waals surface area contributed by atoms with Gasteiger partial charge in [0.25, 0.3) is 0 Å². The highest BCUT2D eigenvalue weighted by atomic mass is 32.1. The van der Waals surface area contributed by atoms with Crippen molar-refractivity contribution < 1.29 is 8.98 Å². The zero-order chi connectivity index (χ0) is 23.1. The molecular weight excluding hydrogens is 463 g/mol. The number of hydrogen-bond acceptors (Lipinski definition) is 4. The van der Waals surface area contributed by atoms with Crippen molar-refractivity contribution in [3.8, 4) is 33.8 Å². The van der Waals surface area contributed by atoms with Crippen LogP contribution in [0.3, 0.4) is 0 Å². The van der Waals surface area contributed by atoms with Gasteiger partial charge in [0, 0.05) is 46.8 Å². The molecule has 0 amide bonds. The fraction of sp³-hybridized carbons (Fsp3) is 0.143. The predicted octanol–water partition coefficient (Wildman–Crippen LogP) is 8.15. The Balaban J connectivity index is 1.71. The topological polar surface area (TPSA) is 30.2 Å². The molecule has 0 spiro atoms. The van der Waals surface area contributed by atoms with Crippen LogP contribution in [0.2, 0.25) is 0 Å². The molecule has 2 aromatic carbocycles. The Labute approximate surface area is 203 Å². The van der Waals surface area contributed by atoms with Crippen molar-refractivity contribution >= 4 is 41.1 Å². The maximum Gasteiger partial charge on any atom is 0.143 e. The molecule has 166 valence electrons. The van der Waals surface area contributed by atoms with Gasteiger partial charge in [0.15, 0.2) is 0 Å². The van der Waals surface area contributed by atoms with Crippen LogP contribution < -0.4 is 10.6 Å². The second-order valence-electron chi connectivity index (χ2n) is 8.25. The Hall–Kier alpha value is -2.65. The lowest BCUT2D eigenvalue weighted by Crippen LogP contribution is -2.08. The number of furan rings is 1. The first-order valence-electron chi connectivity index (χ1n) is 10.9. The molecule has 33 heavy (non-hydrogen) atoms. The maximum absolute atomic E-state index is 13.5. The van der Waals surface area contributed by atoms with Gasteiger partial charge in [-0.1, -0.05) is 54.6 Å². The lowest BCUT2D eigenvalue weighted by Gasteiger charge is -2.08. The van der Waals surface area contributed by atoms with Crippen molar-refractivity contribution in [2.45, 2.75) is 27.7 Å². The van der Waals surface area contributed by atoms with Crippen LogP contribution in [-0.4, -0.2) is 0 Å². The van der Waals surface area contributed by atoms with E-state index >= 15 is 0 Å². The smallest absolute Gasteiger partial charge is 0.143 e. The highest BCUT2D eigenvalue weighted by Gasteiger charge is 2.23. The molecule has 0 fully saturated rings. The molecule has 0 aliphatic heterocycles. The quantitative estimate of drug-likeness (QED) is 0.234. The van der Waals surface area contributed by atoms with Gasteiger partial charge >= 0.3 is 0 Å². The average molecular weight is 489 g/mol. The molecule has 0 saturated carbocycles. The molecule has 5 aromatic rings. The van der Waals surface area contributed by atoms with E-state index in [-0.39, 0.29) is 0 Å². The van der Waals surface area contributed by atoms with Crippen LogP contribution in [0.1, 0.15) is 19.5 Å². The average Bonchev–Trinajstić information content (AvgIpc) is 3.49. The van der Waals surface area contributed by atoms with E-state index in [1.54, 1.807) is 22.7 Å². The van der Waals surface area contributed by atoms with E-state index < -0.39 is 7.80 Å². The van der Waals surface area contributed by atoms with Crippen molar-refractivity contribution in [2.75, 3.05) is 0 Å². The van der Waals surface area contributed by atoms with Gasteiger partial charge < -0.3 is 8.98 Å². The van der Waals surface area contributed by atoms with Crippen molar-refractivity contribution in [1.29, 1.82) is 0 Å². The van der Waals surface area contributed by atoms with Crippen LogP contribution in [0.25, 0.3) is 33.8 Å². The van der Waals surface area contributed by atoms with E-state index in [0.29, 0.717) is 0 Å². The van der Waals surface area contributed by atoms with Crippen molar-refractivity contribution in [3.05, 3.63) is 92.3 Å². The van der Waals surface area contributed by atoms with E-state index in [1.807, 2.05) is 54.6 Å². The van der Waals surface area contributed by atoms with Crippen molar-refractivity contribution in [3.63, 3.8) is 0 Å². The fourth-order valence-corrected chi connectivity index (χ4v) is 7.68. The molecule has 0 bridgehead atoms. The van der Waals surface area contributed by atoms with Gasteiger partial charge in [0.2, 0.25) is 0 Å². The van der Waals surface area contributed by atoms with Crippen LogP contribution in [0, 0.1) is 27.7 Å². The second-order valence-corrected chi connectivity index (χ2v) is 12.9. The summed E-state index contributed by atoms with van der Waals surface area (Å²) in [5, 5.41) is 1.69. The van der Waals surface area contributed by atoms with Gasteiger partial charge in [-0.15, -0.1) is 22.7 Å². The summed E-state index contributed by atoms with van der Waals surface area (Å²) in [7, 11) is -2.17. The van der Waals surface area contributed by atoms with Crippen molar-refractivity contribution in [1.82, 2.24) is 0 Å². The minimum absolute atomic E-state index is 0.761. The lowest BCUT2D eigenvalue weighted by molar-refractivity contribution is 0.594. The minimum Gasteiger partial charge on any atom is -0.455 e. The summed E-state index contributed by atoms with van der Waals surface area (Å²) in [5.74, 6) is 1.65. The zero-order valence-electron chi connectivity index (χ0n) is 19.1. The Kier molecular flexibility index (Phi) is 6.01. The van der Waals surface area contributed by atoms with Gasteiger partial charge in [-0.2, -0.15) is 0 Å². The third-order valence-electron chi connectivity index (χ3n) is 5.82. The van der Waals surface area contributed by atoms with E-state index in [9.17, 15) is 4.57 Å². The highest BCUT2D eigenvalue weighted by Crippen LogP contribution is 2.44. The molecule has 1 atom stereocenters. The van der Waals surface area contributed by atoms with E-state index in [0.717, 1.165) is 38.8 Å². The molecule has 3 aromatic heterocycles. The molecule has 0 saturated heterocycles. The Bertz CT molecular complexity index is 1410. The zero-order valence-corrected chi connectivity index (χ0v) is 21.7. The first-order valence-corrected chi connectivity index (χ1v) is 13.9. The molecule has 0 aliphatic rings. The molecular formula is C28H25O2PS2. The molecule has 0 N–H and O–H groups in total. The SMILES string of the molecule is Cc1cc(-c2cc(-c3ccccc3[PH](=O)c3ccccc3)oc2-c2cc(C)sc2C)c(C)s1. The molecule has 0 radical (unpaired) electrons. The Morgan fingerprint density at radius 1 is 0.667 bits per heavy atom. The standard InChI is InChI=1S/C28H25O2PS2/c1-17-14-23(19(3)32-17)25-16-26(30-28(25)24-15-18(2)33-20(24)4)22-12-8-9-13-27(22)31(29)21-10-6-5-7-11-21/h5-16,31H,1-4H3. The summed E-state index contributed by atoms with van der Waals surface area (Å²) in [6.07, 6.45) is 0. The van der Waals surface area contributed by atoms with Gasteiger partial charge in [-0.05, 0) is 51.5 Å². The second kappa shape index (κ2) is 8.95. The predicted molar refractivity (Wildman–Crippen MR) is 144 cm³/mol. The van der Waals surface area contributed by atoms with Gasteiger partial charge in [-0.25, -0.2) is 0 Å². The molecule has 5 heteroatoms. The number of aryl methyl sites for hydroxylation is 4. The first-order chi connectivity index (χ1) is 15.9. The highest BCUT2D eigenvalue weighted by molar-refractivity contribution is 7.61. The summed E-state index contributed by atoms with van der Waals surface area (Å²) in [4.78, 5) is 5.06. The van der Waals surface area contributed by atoms with Crippen LogP contribution in [-0.2, 0) is 4.57 Å². The monoisotopic (exact) mass is 488 g/mol. The maximum atomic E-state index is 13.5. The summed E-state index contributed by atoms with van der Waals surface area (Å²) < 4.78 is 20.1. The van der Waals surface area contributed by atoms with E-state index in [2.05, 4.69) is 45.9 Å². The fourth-order valence-electron chi connectivity index (χ4n) is 4.32. The third-order valence-corrected chi connectivity index (χ3v) is 9.54. The minimum atomic E-state index is -2.17. The Morgan fingerprint density at radius 3 is 1.91 bits per heavy atom. The number of rotatable bonds is 5. The van der Waals surface area contributed by atoms with Crippen LogP contribution in [0.15, 0.2) is 77.2 Å². The molecule has 5 rings (SSSR count). The molecule has 0 aliphatic carbocycles. The number of hydrogen-bond donors (Lipinski definition) is 0. The van der Waals surface area contributed by atoms with Gasteiger partial charge in [0.05, 0.1) is 0 Å². The summed E-state index contributed by atoms with van der Waals surface area (Å²) >= 11 is 3.59. The number of benzene rings is 2. The third kappa shape index (κ3) is 4.19. The van der Waals surface area contributed by atoms with E-state index in [1.165, 1.54) is 25.1 Å². The molecule has 3 heterocycles. The summed E-state index contributed by atoms with van der Waals surface area (Å²) in [6.45, 7) is 8.58. The number of thiophene rings is 2. The van der Waals surface area contributed by atoms with Crippen molar-refractivity contribution in [2.24, 2.45) is 0 Å². The Morgan fingerprint density at radius 2 is 1.27 bits per heavy atom. The van der Waals surface area contributed by atoms with Gasteiger partial charge in [0.1, 0.15) is 19.3 Å². The normalized spacial score (nSPS) is 12.2. The summed E-state index contributed by atoms with van der Waals surface area (Å²) in [6, 6.07) is 24.2. The lowest BCUT2D eigenvalue weighted by atomic mass is 10.0. The summed E-state index contributed by atoms with van der Waals surface area (Å²) in [5.41, 5.74) is 4.34. The van der Waals surface area contributed by atoms with Crippen LogP contribution >= 0.6 is 30.5 Å². The first kappa shape index (κ1) is 22.2. The van der Waals surface area contributed by atoms with E-state index in [4.69, 9.17) is 4.42 Å². The van der Waals surface area contributed by atoms with Crippen LogP contribution in [0.5, 0.6) is 0 Å². The largest absolute Gasteiger partial charge is 0.455 e. The van der Waals surface area contributed by atoms with Gasteiger partial charge in [-0.3, -0.25) is 0 Å².